The number of amides is 1. The van der Waals surface area contributed by atoms with Crippen LogP contribution in [0.5, 0.6) is 0 Å². The van der Waals surface area contributed by atoms with Crippen molar-refractivity contribution in [2.75, 3.05) is 24.5 Å². The maximum Gasteiger partial charge on any atom is 0.252 e. The molecule has 0 unspecified atom stereocenters. The van der Waals surface area contributed by atoms with Crippen molar-refractivity contribution in [3.8, 4) is 0 Å². The second kappa shape index (κ2) is 7.42. The first-order valence-electron chi connectivity index (χ1n) is 7.78. The molecule has 0 radical (unpaired) electrons. The standard InChI is InChI=1S/C17H19ClN4O/c18-15-4-2-1-3-14(15)17(23)21-11-13-5-9-22(10-6-13)16-12-19-7-8-20-16/h1-4,7-8,12-13H,5-6,9-11H2,(H,21,23). The molecule has 1 fully saturated rings. The maximum absolute atomic E-state index is 12.2. The van der Waals surface area contributed by atoms with Crippen LogP contribution in [-0.2, 0) is 0 Å². The highest BCUT2D eigenvalue weighted by atomic mass is 35.5. The number of rotatable bonds is 4. The zero-order valence-corrected chi connectivity index (χ0v) is 13.5. The summed E-state index contributed by atoms with van der Waals surface area (Å²) < 4.78 is 0. The van der Waals surface area contributed by atoms with Crippen LogP contribution in [0.3, 0.4) is 0 Å². The molecule has 1 saturated heterocycles. The SMILES string of the molecule is O=C(NCC1CCN(c2cnccn2)CC1)c1ccccc1Cl. The van der Waals surface area contributed by atoms with Crippen LogP contribution in [0.4, 0.5) is 5.82 Å². The third-order valence-corrected chi connectivity index (χ3v) is 4.49. The number of hydrogen-bond donors (Lipinski definition) is 1. The zero-order valence-electron chi connectivity index (χ0n) is 12.8. The van der Waals surface area contributed by atoms with Crippen molar-refractivity contribution in [3.63, 3.8) is 0 Å². The Labute approximate surface area is 140 Å². The van der Waals surface area contributed by atoms with Crippen LogP contribution < -0.4 is 10.2 Å². The predicted octanol–water partition coefficient (Wildman–Crippen LogP) is 2.78. The molecule has 0 aliphatic carbocycles. The van der Waals surface area contributed by atoms with Crippen LogP contribution in [0.1, 0.15) is 23.2 Å². The summed E-state index contributed by atoms with van der Waals surface area (Å²) in [5, 5.41) is 3.48. The summed E-state index contributed by atoms with van der Waals surface area (Å²) in [4.78, 5) is 22.8. The molecule has 3 rings (SSSR count). The maximum atomic E-state index is 12.2. The number of nitrogens with zero attached hydrogens (tertiary/aromatic N) is 3. The van der Waals surface area contributed by atoms with Crippen molar-refractivity contribution < 1.29 is 4.79 Å². The smallest absolute Gasteiger partial charge is 0.252 e. The van der Waals surface area contributed by atoms with Gasteiger partial charge in [-0.2, -0.15) is 0 Å². The summed E-state index contributed by atoms with van der Waals surface area (Å²) in [6.07, 6.45) is 7.24. The molecule has 23 heavy (non-hydrogen) atoms. The van der Waals surface area contributed by atoms with Crippen LogP contribution in [0.15, 0.2) is 42.9 Å². The molecule has 0 spiro atoms. The molecule has 1 amide bonds. The Morgan fingerprint density at radius 3 is 2.74 bits per heavy atom. The lowest BCUT2D eigenvalue weighted by Crippen LogP contribution is -2.39. The first-order valence-corrected chi connectivity index (χ1v) is 8.15. The fourth-order valence-corrected chi connectivity index (χ4v) is 3.02. The van der Waals surface area contributed by atoms with Crippen molar-refractivity contribution in [3.05, 3.63) is 53.4 Å². The minimum Gasteiger partial charge on any atom is -0.355 e. The van der Waals surface area contributed by atoms with Gasteiger partial charge in [0.2, 0.25) is 0 Å². The Morgan fingerprint density at radius 2 is 2.04 bits per heavy atom. The molecule has 1 N–H and O–H groups in total. The molecule has 2 aromatic rings. The van der Waals surface area contributed by atoms with E-state index in [1.807, 2.05) is 12.1 Å². The van der Waals surface area contributed by atoms with Crippen molar-refractivity contribution in [1.82, 2.24) is 15.3 Å². The predicted molar refractivity (Wildman–Crippen MR) is 90.8 cm³/mol. The number of anilines is 1. The highest BCUT2D eigenvalue weighted by Gasteiger charge is 2.21. The average Bonchev–Trinajstić information content (AvgIpc) is 2.61. The summed E-state index contributed by atoms with van der Waals surface area (Å²) in [5.41, 5.74) is 0.533. The van der Waals surface area contributed by atoms with Crippen LogP contribution in [0.2, 0.25) is 5.02 Å². The second-order valence-electron chi connectivity index (χ2n) is 5.68. The molecule has 1 aromatic carbocycles. The molecular weight excluding hydrogens is 312 g/mol. The van der Waals surface area contributed by atoms with Gasteiger partial charge in [-0.15, -0.1) is 0 Å². The summed E-state index contributed by atoms with van der Waals surface area (Å²) in [6.45, 7) is 2.55. The quantitative estimate of drug-likeness (QED) is 0.936. The average molecular weight is 331 g/mol. The van der Waals surface area contributed by atoms with E-state index in [1.54, 1.807) is 30.7 Å². The Bertz CT molecular complexity index is 657. The summed E-state index contributed by atoms with van der Waals surface area (Å²) in [6, 6.07) is 7.12. The van der Waals surface area contributed by atoms with Crippen LogP contribution in [-0.4, -0.2) is 35.5 Å². The number of carbonyl (C=O) groups is 1. The van der Waals surface area contributed by atoms with Crippen LogP contribution in [0, 0.1) is 5.92 Å². The number of benzene rings is 1. The Balaban J connectivity index is 1.48. The normalized spacial score (nSPS) is 15.4. The first kappa shape index (κ1) is 15.7. The highest BCUT2D eigenvalue weighted by Crippen LogP contribution is 2.21. The third-order valence-electron chi connectivity index (χ3n) is 4.16. The van der Waals surface area contributed by atoms with E-state index < -0.39 is 0 Å². The largest absolute Gasteiger partial charge is 0.355 e. The lowest BCUT2D eigenvalue weighted by molar-refractivity contribution is 0.0945. The summed E-state index contributed by atoms with van der Waals surface area (Å²) in [5.74, 6) is 1.30. The molecule has 1 aromatic heterocycles. The molecule has 0 atom stereocenters. The minimum absolute atomic E-state index is 0.105. The van der Waals surface area contributed by atoms with E-state index in [0.717, 1.165) is 31.7 Å². The van der Waals surface area contributed by atoms with Gasteiger partial charge in [-0.1, -0.05) is 23.7 Å². The third kappa shape index (κ3) is 3.99. The molecule has 6 heteroatoms. The molecular formula is C17H19ClN4O. The summed E-state index contributed by atoms with van der Waals surface area (Å²) in [7, 11) is 0. The van der Waals surface area contributed by atoms with E-state index in [9.17, 15) is 4.79 Å². The van der Waals surface area contributed by atoms with E-state index in [-0.39, 0.29) is 5.91 Å². The monoisotopic (exact) mass is 330 g/mol. The number of hydrogen-bond acceptors (Lipinski definition) is 4. The van der Waals surface area contributed by atoms with Crippen molar-refractivity contribution in [2.24, 2.45) is 5.92 Å². The Hall–Kier alpha value is -2.14. The van der Waals surface area contributed by atoms with Gasteiger partial charge in [-0.3, -0.25) is 9.78 Å². The molecule has 120 valence electrons. The molecule has 0 bridgehead atoms. The van der Waals surface area contributed by atoms with Gasteiger partial charge < -0.3 is 10.2 Å². The summed E-state index contributed by atoms with van der Waals surface area (Å²) >= 11 is 6.05. The fourth-order valence-electron chi connectivity index (χ4n) is 2.80. The molecule has 1 aliphatic rings. The minimum atomic E-state index is -0.105. The van der Waals surface area contributed by atoms with E-state index in [0.29, 0.717) is 23.0 Å². The second-order valence-corrected chi connectivity index (χ2v) is 6.09. The number of aromatic nitrogens is 2. The lowest BCUT2D eigenvalue weighted by Gasteiger charge is -2.32. The van der Waals surface area contributed by atoms with E-state index in [4.69, 9.17) is 11.6 Å². The number of halogens is 1. The van der Waals surface area contributed by atoms with Crippen molar-refractivity contribution in [2.45, 2.75) is 12.8 Å². The van der Waals surface area contributed by atoms with Crippen molar-refractivity contribution >= 4 is 23.3 Å². The van der Waals surface area contributed by atoms with E-state index >= 15 is 0 Å². The lowest BCUT2D eigenvalue weighted by atomic mass is 9.96. The first-order chi connectivity index (χ1) is 11.2. The van der Waals surface area contributed by atoms with Gasteiger partial charge in [0.1, 0.15) is 5.82 Å². The van der Waals surface area contributed by atoms with Gasteiger partial charge in [-0.05, 0) is 30.9 Å². The number of piperidine rings is 1. The van der Waals surface area contributed by atoms with Crippen LogP contribution >= 0.6 is 11.6 Å². The van der Waals surface area contributed by atoms with Gasteiger partial charge in [0, 0.05) is 32.0 Å². The fraction of sp³-hybridized carbons (Fsp3) is 0.353. The van der Waals surface area contributed by atoms with Gasteiger partial charge >= 0.3 is 0 Å². The van der Waals surface area contributed by atoms with Gasteiger partial charge in [0.05, 0.1) is 16.8 Å². The number of carbonyl (C=O) groups excluding carboxylic acids is 1. The highest BCUT2D eigenvalue weighted by molar-refractivity contribution is 6.33. The van der Waals surface area contributed by atoms with E-state index in [2.05, 4.69) is 20.2 Å². The van der Waals surface area contributed by atoms with Gasteiger partial charge in [-0.25, -0.2) is 4.98 Å². The molecule has 2 heterocycles. The Kier molecular flexibility index (Phi) is 5.08. The number of nitrogens with one attached hydrogen (secondary N) is 1. The van der Waals surface area contributed by atoms with Crippen LogP contribution in [0.25, 0.3) is 0 Å². The molecule has 0 saturated carbocycles. The zero-order chi connectivity index (χ0) is 16.1. The van der Waals surface area contributed by atoms with E-state index in [1.165, 1.54) is 0 Å². The van der Waals surface area contributed by atoms with Gasteiger partial charge in [0.15, 0.2) is 0 Å². The Morgan fingerprint density at radius 1 is 1.26 bits per heavy atom. The molecule has 5 nitrogen and oxygen atoms in total. The van der Waals surface area contributed by atoms with Crippen molar-refractivity contribution in [1.29, 1.82) is 0 Å². The molecule has 1 aliphatic heterocycles. The van der Waals surface area contributed by atoms with Gasteiger partial charge in [0.25, 0.3) is 5.91 Å². The topological polar surface area (TPSA) is 58.1 Å².